The van der Waals surface area contributed by atoms with Gasteiger partial charge in [-0.3, -0.25) is 14.9 Å². The molecule has 0 atom stereocenters. The lowest BCUT2D eigenvalue weighted by Gasteiger charge is -1.99. The van der Waals surface area contributed by atoms with Crippen LogP contribution in [0.1, 0.15) is 4.88 Å². The smallest absolute Gasteiger partial charge is 0.312 e. The molecule has 6 nitrogen and oxygen atoms in total. The number of rotatable bonds is 5. The number of benzene rings is 1. The summed E-state index contributed by atoms with van der Waals surface area (Å²) < 4.78 is 2.96. The summed E-state index contributed by atoms with van der Waals surface area (Å²) in [5, 5.41) is 10.7. The van der Waals surface area contributed by atoms with Crippen LogP contribution in [0.2, 0.25) is 0 Å². The zero-order chi connectivity index (χ0) is 17.8. The van der Waals surface area contributed by atoms with Crippen LogP contribution in [0.5, 0.6) is 0 Å². The Labute approximate surface area is 150 Å². The summed E-state index contributed by atoms with van der Waals surface area (Å²) in [6.07, 6.45) is 4.61. The molecule has 0 spiro atoms. The first-order chi connectivity index (χ1) is 12.1. The highest BCUT2D eigenvalue weighted by Crippen LogP contribution is 2.24. The molecule has 3 aromatic rings. The number of thiophene rings is 1. The first kappa shape index (κ1) is 17.0. The molecule has 1 aromatic carbocycles. The summed E-state index contributed by atoms with van der Waals surface area (Å²) in [7, 11) is 0. The van der Waals surface area contributed by atoms with E-state index >= 15 is 0 Å². The Morgan fingerprint density at radius 3 is 2.80 bits per heavy atom. The highest BCUT2D eigenvalue weighted by Gasteiger charge is 2.08. The van der Waals surface area contributed by atoms with Gasteiger partial charge in [-0.25, -0.2) is 0 Å². The fraction of sp³-hybridized carbons (Fsp3) is 0.0588. The lowest BCUT2D eigenvalue weighted by molar-refractivity contribution is -0.380. The lowest BCUT2D eigenvalue weighted by Crippen LogP contribution is -2.15. The van der Waals surface area contributed by atoms with Crippen LogP contribution in [0.15, 0.2) is 60.1 Å². The number of aromatic nitrogens is 1. The van der Waals surface area contributed by atoms with Gasteiger partial charge in [-0.1, -0.05) is 40.9 Å². The van der Waals surface area contributed by atoms with E-state index in [-0.39, 0.29) is 5.00 Å². The molecule has 25 heavy (non-hydrogen) atoms. The zero-order valence-electron chi connectivity index (χ0n) is 13.0. The number of hydrogen-bond acceptors (Lipinski definition) is 5. The molecular formula is C17H13N3O3S2. The average molecular weight is 371 g/mol. The predicted octanol–water partition coefficient (Wildman–Crippen LogP) is 4.00. The monoisotopic (exact) mass is 371 g/mol. The summed E-state index contributed by atoms with van der Waals surface area (Å²) in [6.45, 7) is 4.30. The van der Waals surface area contributed by atoms with Crippen LogP contribution < -0.4 is 4.80 Å². The quantitative estimate of drug-likeness (QED) is 0.294. The van der Waals surface area contributed by atoms with Crippen molar-refractivity contribution in [2.45, 2.75) is 6.54 Å². The van der Waals surface area contributed by atoms with Gasteiger partial charge in [0.05, 0.1) is 15.1 Å². The third-order valence-corrected chi connectivity index (χ3v) is 5.35. The van der Waals surface area contributed by atoms with E-state index in [1.165, 1.54) is 29.6 Å². The van der Waals surface area contributed by atoms with Crippen molar-refractivity contribution < 1.29 is 9.72 Å². The van der Waals surface area contributed by atoms with Crippen LogP contribution >= 0.6 is 22.7 Å². The van der Waals surface area contributed by atoms with Gasteiger partial charge in [0, 0.05) is 23.6 Å². The van der Waals surface area contributed by atoms with E-state index in [1.54, 1.807) is 12.1 Å². The van der Waals surface area contributed by atoms with E-state index < -0.39 is 10.8 Å². The van der Waals surface area contributed by atoms with Crippen molar-refractivity contribution >= 4 is 49.9 Å². The molecule has 0 saturated carbocycles. The molecule has 0 aliphatic rings. The van der Waals surface area contributed by atoms with Crippen LogP contribution in [0.25, 0.3) is 16.3 Å². The second-order valence-corrected chi connectivity index (χ2v) is 7.07. The molecule has 2 aromatic heterocycles. The molecule has 2 heterocycles. The number of nitrogens with zero attached hydrogens (tertiary/aromatic N) is 3. The summed E-state index contributed by atoms with van der Waals surface area (Å²) in [4.78, 5) is 27.7. The largest absolute Gasteiger partial charge is 0.324 e. The maximum Gasteiger partial charge on any atom is 0.324 e. The topological polar surface area (TPSA) is 77.5 Å². The van der Waals surface area contributed by atoms with Crippen LogP contribution in [0.4, 0.5) is 5.00 Å². The van der Waals surface area contributed by atoms with Gasteiger partial charge in [0.25, 0.3) is 5.91 Å². The zero-order valence-corrected chi connectivity index (χ0v) is 14.6. The number of hydrogen-bond donors (Lipinski definition) is 0. The SMILES string of the molecule is C=CCn1c(=NC(=O)C=Cc2ccc([N+](=O)[O-])s2)sc2ccccc21. The second kappa shape index (κ2) is 7.37. The molecule has 0 aliphatic heterocycles. The van der Waals surface area contributed by atoms with E-state index in [1.807, 2.05) is 28.8 Å². The van der Waals surface area contributed by atoms with Crippen molar-refractivity contribution in [2.24, 2.45) is 4.99 Å². The molecular weight excluding hydrogens is 358 g/mol. The molecule has 1 amide bonds. The fourth-order valence-corrected chi connectivity index (χ4v) is 4.00. The number of carbonyl (C=O) groups excluding carboxylic acids is 1. The number of allylic oxidation sites excluding steroid dienone is 1. The number of amides is 1. The van der Waals surface area contributed by atoms with E-state index in [0.29, 0.717) is 16.2 Å². The molecule has 0 radical (unpaired) electrons. The van der Waals surface area contributed by atoms with Gasteiger partial charge in [-0.05, 0) is 24.3 Å². The van der Waals surface area contributed by atoms with Crippen molar-refractivity contribution in [3.8, 4) is 0 Å². The maximum atomic E-state index is 12.1. The second-order valence-electron chi connectivity index (χ2n) is 4.97. The fourth-order valence-electron chi connectivity index (χ4n) is 2.23. The number of para-hydroxylation sites is 1. The Balaban J connectivity index is 1.91. The van der Waals surface area contributed by atoms with Gasteiger partial charge in [-0.15, -0.1) is 6.58 Å². The predicted molar refractivity (Wildman–Crippen MR) is 101 cm³/mol. The number of carbonyl (C=O) groups is 1. The Morgan fingerprint density at radius 1 is 1.28 bits per heavy atom. The molecule has 0 aliphatic carbocycles. The van der Waals surface area contributed by atoms with E-state index in [9.17, 15) is 14.9 Å². The summed E-state index contributed by atoms with van der Waals surface area (Å²) in [5.74, 6) is -0.416. The van der Waals surface area contributed by atoms with Crippen molar-refractivity contribution in [2.75, 3.05) is 0 Å². The molecule has 0 fully saturated rings. The molecule has 0 saturated heterocycles. The number of fused-ring (bicyclic) bond motifs is 1. The third-order valence-electron chi connectivity index (χ3n) is 3.29. The first-order valence-electron chi connectivity index (χ1n) is 7.29. The first-order valence-corrected chi connectivity index (χ1v) is 8.92. The maximum absolute atomic E-state index is 12.1. The van der Waals surface area contributed by atoms with Crippen LogP contribution in [0.3, 0.4) is 0 Å². The molecule has 8 heteroatoms. The highest BCUT2D eigenvalue weighted by atomic mass is 32.1. The van der Waals surface area contributed by atoms with Gasteiger partial charge in [0.2, 0.25) is 0 Å². The van der Waals surface area contributed by atoms with Crippen molar-refractivity contribution in [3.05, 3.63) is 74.9 Å². The average Bonchev–Trinajstić information content (AvgIpc) is 3.19. The Kier molecular flexibility index (Phi) is 5.01. The van der Waals surface area contributed by atoms with E-state index in [0.717, 1.165) is 21.6 Å². The number of nitro groups is 1. The van der Waals surface area contributed by atoms with Crippen LogP contribution in [0, 0.1) is 10.1 Å². The van der Waals surface area contributed by atoms with E-state index in [2.05, 4.69) is 11.6 Å². The van der Waals surface area contributed by atoms with Crippen molar-refractivity contribution in [1.82, 2.24) is 4.57 Å². The van der Waals surface area contributed by atoms with Gasteiger partial charge in [0.1, 0.15) is 0 Å². The normalized spacial score (nSPS) is 12.1. The minimum atomic E-state index is -0.455. The van der Waals surface area contributed by atoms with Gasteiger partial charge < -0.3 is 4.57 Å². The molecule has 126 valence electrons. The van der Waals surface area contributed by atoms with Crippen LogP contribution in [-0.4, -0.2) is 15.4 Å². The van der Waals surface area contributed by atoms with Gasteiger partial charge in [-0.2, -0.15) is 4.99 Å². The summed E-state index contributed by atoms with van der Waals surface area (Å²) in [5.41, 5.74) is 0.997. The molecule has 0 unspecified atom stereocenters. The summed E-state index contributed by atoms with van der Waals surface area (Å²) >= 11 is 2.44. The Hall–Kier alpha value is -2.84. The minimum absolute atomic E-state index is 0.0392. The summed E-state index contributed by atoms with van der Waals surface area (Å²) in [6, 6.07) is 10.8. The van der Waals surface area contributed by atoms with Crippen molar-refractivity contribution in [3.63, 3.8) is 0 Å². The Bertz CT molecular complexity index is 1060. The van der Waals surface area contributed by atoms with Gasteiger partial charge in [0.15, 0.2) is 4.80 Å². The molecule has 0 bridgehead atoms. The number of thiazole rings is 1. The van der Waals surface area contributed by atoms with Crippen LogP contribution in [-0.2, 0) is 11.3 Å². The van der Waals surface area contributed by atoms with Crippen molar-refractivity contribution in [1.29, 1.82) is 0 Å². The van der Waals surface area contributed by atoms with E-state index in [4.69, 9.17) is 0 Å². The molecule has 3 rings (SSSR count). The Morgan fingerprint density at radius 2 is 2.08 bits per heavy atom. The standard InChI is InChI=1S/C17H13N3O3S2/c1-2-11-19-13-5-3-4-6-14(13)25-17(19)18-15(21)9-7-12-8-10-16(24-12)20(22)23/h2-10H,1,11H2. The lowest BCUT2D eigenvalue weighted by atomic mass is 10.3. The molecule has 0 N–H and O–H groups in total. The highest BCUT2D eigenvalue weighted by molar-refractivity contribution is 7.16. The minimum Gasteiger partial charge on any atom is -0.312 e. The van der Waals surface area contributed by atoms with Gasteiger partial charge >= 0.3 is 5.00 Å². The third kappa shape index (κ3) is 3.81.